The first-order valence-electron chi connectivity index (χ1n) is 7.79. The monoisotopic (exact) mass is 348 g/mol. The maximum Gasteiger partial charge on any atom is 0.325 e. The molecule has 1 aromatic heterocycles. The summed E-state index contributed by atoms with van der Waals surface area (Å²) in [4.78, 5) is 30.1. The molecule has 3 amide bonds. The number of urea groups is 1. The molecule has 1 N–H and O–H groups in total. The van der Waals surface area contributed by atoms with Gasteiger partial charge in [-0.3, -0.25) is 14.3 Å². The fraction of sp³-hybridized carbons (Fsp3) is 0.353. The Kier molecular flexibility index (Phi) is 4.28. The Morgan fingerprint density at radius 1 is 1.24 bits per heavy atom. The van der Waals surface area contributed by atoms with E-state index in [9.17, 15) is 18.4 Å². The number of nitrogens with zero attached hydrogens (tertiary/aromatic N) is 3. The van der Waals surface area contributed by atoms with Gasteiger partial charge in [-0.1, -0.05) is 30.3 Å². The van der Waals surface area contributed by atoms with Crippen molar-refractivity contribution in [3.8, 4) is 0 Å². The molecule has 1 atom stereocenters. The number of alkyl halides is 2. The Bertz CT molecular complexity index is 789. The van der Waals surface area contributed by atoms with E-state index in [1.54, 1.807) is 13.8 Å². The molecule has 1 saturated heterocycles. The molecule has 0 spiro atoms. The Labute approximate surface area is 143 Å². The molecule has 1 unspecified atom stereocenters. The van der Waals surface area contributed by atoms with E-state index in [-0.39, 0.29) is 12.4 Å². The summed E-state index contributed by atoms with van der Waals surface area (Å²) < 4.78 is 26.6. The number of carbonyl (C=O) groups excluding carboxylic acids is 2. The summed E-state index contributed by atoms with van der Waals surface area (Å²) >= 11 is 0. The summed E-state index contributed by atoms with van der Waals surface area (Å²) in [5.74, 6) is -0.485. The summed E-state index contributed by atoms with van der Waals surface area (Å²) in [7, 11) is 0. The van der Waals surface area contributed by atoms with E-state index in [4.69, 9.17) is 0 Å². The SMILES string of the molecule is CC1(C)C(=O)N(Cc2nccn2C(F)F)C(=O)NC1c1ccccc1. The first kappa shape index (κ1) is 17.1. The second kappa shape index (κ2) is 6.27. The van der Waals surface area contributed by atoms with E-state index in [2.05, 4.69) is 10.3 Å². The number of imidazole rings is 1. The smallest absolute Gasteiger partial charge is 0.325 e. The van der Waals surface area contributed by atoms with Crippen LogP contribution in [0.15, 0.2) is 42.7 Å². The minimum atomic E-state index is -2.79. The highest BCUT2D eigenvalue weighted by atomic mass is 19.3. The maximum atomic E-state index is 13.0. The number of hydrogen-bond acceptors (Lipinski definition) is 3. The number of imide groups is 1. The van der Waals surface area contributed by atoms with Crippen LogP contribution in [0.3, 0.4) is 0 Å². The maximum absolute atomic E-state index is 13.0. The number of carbonyl (C=O) groups is 2. The molecule has 1 aliphatic rings. The van der Waals surface area contributed by atoms with Crippen LogP contribution in [-0.2, 0) is 11.3 Å². The summed E-state index contributed by atoms with van der Waals surface area (Å²) in [5, 5.41) is 2.81. The topological polar surface area (TPSA) is 67.2 Å². The molecule has 0 radical (unpaired) electrons. The fourth-order valence-corrected chi connectivity index (χ4v) is 3.02. The highest BCUT2D eigenvalue weighted by molar-refractivity contribution is 6.00. The molecule has 0 saturated carbocycles. The zero-order chi connectivity index (χ0) is 18.2. The normalized spacial score (nSPS) is 20.0. The van der Waals surface area contributed by atoms with Gasteiger partial charge in [0.2, 0.25) is 5.91 Å². The van der Waals surface area contributed by atoms with Crippen LogP contribution in [-0.4, -0.2) is 26.4 Å². The number of hydrogen-bond donors (Lipinski definition) is 1. The van der Waals surface area contributed by atoms with Crippen LogP contribution in [0.5, 0.6) is 0 Å². The molecule has 6 nitrogen and oxygen atoms in total. The molecule has 1 aromatic carbocycles. The van der Waals surface area contributed by atoms with Crippen molar-refractivity contribution in [1.29, 1.82) is 0 Å². The zero-order valence-corrected chi connectivity index (χ0v) is 13.8. The summed E-state index contributed by atoms with van der Waals surface area (Å²) in [6.45, 7) is 0.343. The van der Waals surface area contributed by atoms with Gasteiger partial charge < -0.3 is 5.32 Å². The highest BCUT2D eigenvalue weighted by Gasteiger charge is 2.48. The predicted octanol–water partition coefficient (Wildman–Crippen LogP) is 3.10. The van der Waals surface area contributed by atoms with E-state index in [1.807, 2.05) is 30.3 Å². The van der Waals surface area contributed by atoms with Crippen molar-refractivity contribution in [2.24, 2.45) is 5.41 Å². The second-order valence-corrected chi connectivity index (χ2v) is 6.43. The van der Waals surface area contributed by atoms with Crippen molar-refractivity contribution < 1.29 is 18.4 Å². The predicted molar refractivity (Wildman–Crippen MR) is 85.5 cm³/mol. The quantitative estimate of drug-likeness (QED) is 0.923. The lowest BCUT2D eigenvalue weighted by Gasteiger charge is -2.42. The fourth-order valence-electron chi connectivity index (χ4n) is 3.02. The molecule has 3 rings (SSSR count). The van der Waals surface area contributed by atoms with Crippen LogP contribution >= 0.6 is 0 Å². The number of halogens is 2. The van der Waals surface area contributed by atoms with Crippen LogP contribution in [0.2, 0.25) is 0 Å². The van der Waals surface area contributed by atoms with Crippen LogP contribution in [0.1, 0.15) is 37.8 Å². The summed E-state index contributed by atoms with van der Waals surface area (Å²) in [6, 6.07) is 8.04. The zero-order valence-electron chi connectivity index (χ0n) is 13.8. The molecule has 1 fully saturated rings. The molecule has 2 aromatic rings. The van der Waals surface area contributed by atoms with Gasteiger partial charge in [-0.25, -0.2) is 9.78 Å². The van der Waals surface area contributed by atoms with Crippen molar-refractivity contribution in [3.63, 3.8) is 0 Å². The lowest BCUT2D eigenvalue weighted by Crippen LogP contribution is -2.59. The van der Waals surface area contributed by atoms with E-state index in [0.29, 0.717) is 4.57 Å². The lowest BCUT2D eigenvalue weighted by atomic mass is 9.77. The minimum absolute atomic E-state index is 0.0486. The average molecular weight is 348 g/mol. The molecule has 25 heavy (non-hydrogen) atoms. The first-order valence-corrected chi connectivity index (χ1v) is 7.79. The number of aromatic nitrogens is 2. The molecular weight excluding hydrogens is 330 g/mol. The lowest BCUT2D eigenvalue weighted by molar-refractivity contribution is -0.142. The van der Waals surface area contributed by atoms with Crippen molar-refractivity contribution in [2.75, 3.05) is 0 Å². The molecule has 132 valence electrons. The van der Waals surface area contributed by atoms with E-state index in [0.717, 1.165) is 16.7 Å². The first-order chi connectivity index (χ1) is 11.8. The molecular formula is C17H18F2N4O2. The van der Waals surface area contributed by atoms with Gasteiger partial charge in [0.1, 0.15) is 5.82 Å². The van der Waals surface area contributed by atoms with Crippen molar-refractivity contribution in [1.82, 2.24) is 19.8 Å². The van der Waals surface area contributed by atoms with E-state index >= 15 is 0 Å². The van der Waals surface area contributed by atoms with Gasteiger partial charge in [-0.2, -0.15) is 8.78 Å². The Morgan fingerprint density at radius 3 is 2.56 bits per heavy atom. The Morgan fingerprint density at radius 2 is 1.92 bits per heavy atom. The van der Waals surface area contributed by atoms with Crippen LogP contribution in [0.25, 0.3) is 0 Å². The van der Waals surface area contributed by atoms with E-state index in [1.165, 1.54) is 6.20 Å². The van der Waals surface area contributed by atoms with Crippen LogP contribution in [0.4, 0.5) is 13.6 Å². The number of amides is 3. The van der Waals surface area contributed by atoms with E-state index < -0.39 is 29.9 Å². The number of rotatable bonds is 4. The number of nitrogens with one attached hydrogen (secondary N) is 1. The third-order valence-corrected chi connectivity index (χ3v) is 4.42. The molecule has 2 heterocycles. The number of benzene rings is 1. The van der Waals surface area contributed by atoms with Gasteiger partial charge in [0.15, 0.2) is 0 Å². The van der Waals surface area contributed by atoms with Gasteiger partial charge in [-0.15, -0.1) is 0 Å². The molecule has 8 heteroatoms. The van der Waals surface area contributed by atoms with Crippen molar-refractivity contribution in [3.05, 3.63) is 54.1 Å². The van der Waals surface area contributed by atoms with Gasteiger partial charge in [0.25, 0.3) is 0 Å². The third-order valence-electron chi connectivity index (χ3n) is 4.42. The van der Waals surface area contributed by atoms with Crippen molar-refractivity contribution in [2.45, 2.75) is 33.0 Å². The molecule has 1 aliphatic heterocycles. The molecule has 0 bridgehead atoms. The van der Waals surface area contributed by atoms with Crippen LogP contribution in [0, 0.1) is 5.41 Å². The van der Waals surface area contributed by atoms with Gasteiger partial charge in [0.05, 0.1) is 18.0 Å². The average Bonchev–Trinajstić information content (AvgIpc) is 3.04. The Hall–Kier alpha value is -2.77. The second-order valence-electron chi connectivity index (χ2n) is 6.43. The van der Waals surface area contributed by atoms with Gasteiger partial charge in [-0.05, 0) is 19.4 Å². The van der Waals surface area contributed by atoms with Crippen LogP contribution < -0.4 is 5.32 Å². The standard InChI is InChI=1S/C17H18F2N4O2/c1-17(2)13(11-6-4-3-5-7-11)21-16(25)23(14(17)24)10-12-20-8-9-22(12)15(18)19/h3-9,13,15H,10H2,1-2H3,(H,21,25). The summed E-state index contributed by atoms with van der Waals surface area (Å²) in [6.07, 6.45) is 2.33. The van der Waals surface area contributed by atoms with Gasteiger partial charge >= 0.3 is 12.6 Å². The van der Waals surface area contributed by atoms with Gasteiger partial charge in [0, 0.05) is 12.4 Å². The highest BCUT2D eigenvalue weighted by Crippen LogP contribution is 2.38. The third kappa shape index (κ3) is 2.99. The Balaban J connectivity index is 1.88. The molecule has 0 aliphatic carbocycles. The minimum Gasteiger partial charge on any atom is -0.330 e. The van der Waals surface area contributed by atoms with Crippen molar-refractivity contribution >= 4 is 11.9 Å². The summed E-state index contributed by atoms with van der Waals surface area (Å²) in [5.41, 5.74) is -0.125. The largest absolute Gasteiger partial charge is 0.330 e.